The second kappa shape index (κ2) is 6.85. The molecule has 5 nitrogen and oxygen atoms in total. The van der Waals surface area contributed by atoms with Crippen LogP contribution in [0, 0.1) is 11.3 Å². The minimum Gasteiger partial charge on any atom is -0.461 e. The van der Waals surface area contributed by atoms with Gasteiger partial charge >= 0.3 is 11.9 Å². The standard InChI is InChI=1S/C8H9NO4/c1-7(10)12-5-2-6-13-8(11)3-4-9/h2,5H,3,6H2,1H3. The van der Waals surface area contributed by atoms with E-state index in [1.54, 1.807) is 6.07 Å². The normalized spacial score (nSPS) is 9.23. The summed E-state index contributed by atoms with van der Waals surface area (Å²) in [4.78, 5) is 20.8. The third-order valence-corrected chi connectivity index (χ3v) is 0.894. The van der Waals surface area contributed by atoms with E-state index in [1.165, 1.54) is 13.0 Å². The van der Waals surface area contributed by atoms with Gasteiger partial charge in [0.25, 0.3) is 0 Å². The number of ether oxygens (including phenoxy) is 2. The van der Waals surface area contributed by atoms with Gasteiger partial charge in [-0.25, -0.2) is 0 Å². The van der Waals surface area contributed by atoms with Crippen molar-refractivity contribution in [2.45, 2.75) is 13.3 Å². The van der Waals surface area contributed by atoms with Crippen molar-refractivity contribution in [2.75, 3.05) is 6.61 Å². The Bertz CT molecular complexity index is 251. The molecule has 70 valence electrons. The quantitative estimate of drug-likeness (QED) is 0.469. The molecule has 0 heterocycles. The van der Waals surface area contributed by atoms with Crippen molar-refractivity contribution < 1.29 is 19.1 Å². The zero-order valence-corrected chi connectivity index (χ0v) is 7.15. The van der Waals surface area contributed by atoms with Crippen molar-refractivity contribution in [1.29, 1.82) is 5.26 Å². The number of hydrogen-bond acceptors (Lipinski definition) is 5. The first kappa shape index (κ1) is 11.2. The summed E-state index contributed by atoms with van der Waals surface area (Å²) in [5.41, 5.74) is 0. The van der Waals surface area contributed by atoms with E-state index < -0.39 is 11.9 Å². The monoisotopic (exact) mass is 183 g/mol. The van der Waals surface area contributed by atoms with E-state index in [9.17, 15) is 9.59 Å². The molecule has 0 aliphatic rings. The molecule has 0 unspecified atom stereocenters. The van der Waals surface area contributed by atoms with Gasteiger partial charge in [-0.3, -0.25) is 9.59 Å². The number of nitriles is 1. The van der Waals surface area contributed by atoms with Crippen LogP contribution in [-0.2, 0) is 19.1 Å². The first-order chi connectivity index (χ1) is 6.16. The lowest BCUT2D eigenvalue weighted by atomic mass is 10.5. The van der Waals surface area contributed by atoms with Crippen LogP contribution in [0.25, 0.3) is 0 Å². The van der Waals surface area contributed by atoms with Crippen LogP contribution >= 0.6 is 0 Å². The molecule has 0 N–H and O–H groups in total. The van der Waals surface area contributed by atoms with Gasteiger partial charge in [0.05, 0.1) is 12.3 Å². The van der Waals surface area contributed by atoms with E-state index in [2.05, 4.69) is 9.47 Å². The minimum absolute atomic E-state index is 0.00616. The van der Waals surface area contributed by atoms with Crippen molar-refractivity contribution >= 4 is 11.9 Å². The highest BCUT2D eigenvalue weighted by molar-refractivity contribution is 5.71. The fourth-order valence-corrected chi connectivity index (χ4v) is 0.440. The van der Waals surface area contributed by atoms with Gasteiger partial charge in [-0.05, 0) is 6.08 Å². The average molecular weight is 183 g/mol. The Morgan fingerprint density at radius 3 is 2.77 bits per heavy atom. The van der Waals surface area contributed by atoms with Gasteiger partial charge in [0.1, 0.15) is 13.0 Å². The summed E-state index contributed by atoms with van der Waals surface area (Å²) in [6.07, 6.45) is 2.21. The molecule has 0 atom stereocenters. The predicted octanol–water partition coefficient (Wildman–Crippen LogP) is 0.520. The maximum Gasteiger partial charge on any atom is 0.320 e. The molecule has 0 fully saturated rings. The molecule has 0 amide bonds. The van der Waals surface area contributed by atoms with Crippen LogP contribution in [0.15, 0.2) is 12.3 Å². The van der Waals surface area contributed by atoms with Gasteiger partial charge in [-0.1, -0.05) is 0 Å². The second-order valence-corrected chi connectivity index (χ2v) is 2.00. The fraction of sp³-hybridized carbons (Fsp3) is 0.375. The highest BCUT2D eigenvalue weighted by Gasteiger charge is 1.97. The highest BCUT2D eigenvalue weighted by Crippen LogP contribution is 1.86. The molecule has 0 bridgehead atoms. The number of esters is 2. The second-order valence-electron chi connectivity index (χ2n) is 2.00. The fourth-order valence-electron chi connectivity index (χ4n) is 0.440. The lowest BCUT2D eigenvalue weighted by Gasteiger charge is -1.96. The molecule has 0 aliphatic heterocycles. The first-order valence-electron chi connectivity index (χ1n) is 3.51. The smallest absolute Gasteiger partial charge is 0.320 e. The Kier molecular flexibility index (Phi) is 5.89. The number of rotatable bonds is 4. The zero-order valence-electron chi connectivity index (χ0n) is 7.15. The van der Waals surface area contributed by atoms with Crippen LogP contribution in [0.2, 0.25) is 0 Å². The summed E-state index contributed by atoms with van der Waals surface area (Å²) in [6.45, 7) is 1.25. The Morgan fingerprint density at radius 1 is 1.54 bits per heavy atom. The molecule has 0 aromatic heterocycles. The number of nitrogens with zero attached hydrogens (tertiary/aromatic N) is 1. The average Bonchev–Trinajstić information content (AvgIpc) is 2.03. The molecular weight excluding hydrogens is 174 g/mol. The third kappa shape index (κ3) is 8.07. The van der Waals surface area contributed by atoms with Crippen LogP contribution < -0.4 is 0 Å². The molecule has 5 heteroatoms. The van der Waals surface area contributed by atoms with Crippen LogP contribution in [0.4, 0.5) is 0 Å². The molecule has 0 saturated heterocycles. The molecule has 0 spiro atoms. The third-order valence-electron chi connectivity index (χ3n) is 0.894. The maximum absolute atomic E-state index is 10.6. The summed E-state index contributed by atoms with van der Waals surface area (Å²) < 4.78 is 8.93. The summed E-state index contributed by atoms with van der Waals surface area (Å²) in [5.74, 6) is -1.05. The number of carbonyl (C=O) groups excluding carboxylic acids is 2. The van der Waals surface area contributed by atoms with Gasteiger partial charge in [0.15, 0.2) is 0 Å². The lowest BCUT2D eigenvalue weighted by molar-refractivity contribution is -0.141. The Balaban J connectivity index is 3.45. The van der Waals surface area contributed by atoms with E-state index in [1.807, 2.05) is 0 Å². The number of hydrogen-bond donors (Lipinski definition) is 0. The zero-order chi connectivity index (χ0) is 10.1. The topological polar surface area (TPSA) is 76.4 Å². The van der Waals surface area contributed by atoms with Crippen LogP contribution in [0.5, 0.6) is 0 Å². The molecular formula is C8H9NO4. The Morgan fingerprint density at radius 2 is 2.23 bits per heavy atom. The maximum atomic E-state index is 10.6. The first-order valence-corrected chi connectivity index (χ1v) is 3.51. The van der Waals surface area contributed by atoms with Crippen molar-refractivity contribution in [3.8, 4) is 6.07 Å². The van der Waals surface area contributed by atoms with Gasteiger partial charge in [-0.15, -0.1) is 0 Å². The molecule has 0 saturated carbocycles. The number of carbonyl (C=O) groups is 2. The SMILES string of the molecule is CC(=O)OC=CCOC(=O)CC#N. The van der Waals surface area contributed by atoms with Crippen LogP contribution in [0.1, 0.15) is 13.3 Å². The van der Waals surface area contributed by atoms with Crippen LogP contribution in [0.3, 0.4) is 0 Å². The van der Waals surface area contributed by atoms with Gasteiger partial charge in [-0.2, -0.15) is 5.26 Å². The molecule has 0 rings (SSSR count). The van der Waals surface area contributed by atoms with E-state index in [4.69, 9.17) is 5.26 Å². The molecule has 0 aromatic rings. The molecule has 13 heavy (non-hydrogen) atoms. The largest absolute Gasteiger partial charge is 0.461 e. The van der Waals surface area contributed by atoms with Crippen molar-refractivity contribution in [3.05, 3.63) is 12.3 Å². The predicted molar refractivity (Wildman–Crippen MR) is 42.1 cm³/mol. The Hall–Kier alpha value is -1.83. The van der Waals surface area contributed by atoms with Gasteiger partial charge in [0, 0.05) is 6.92 Å². The highest BCUT2D eigenvalue weighted by atomic mass is 16.5. The van der Waals surface area contributed by atoms with Crippen molar-refractivity contribution in [1.82, 2.24) is 0 Å². The van der Waals surface area contributed by atoms with E-state index in [-0.39, 0.29) is 13.0 Å². The van der Waals surface area contributed by atoms with Gasteiger partial charge in [0.2, 0.25) is 0 Å². The van der Waals surface area contributed by atoms with Crippen LogP contribution in [-0.4, -0.2) is 18.5 Å². The van der Waals surface area contributed by atoms with Crippen molar-refractivity contribution in [2.24, 2.45) is 0 Å². The molecule has 0 aromatic carbocycles. The lowest BCUT2D eigenvalue weighted by Crippen LogP contribution is -2.02. The van der Waals surface area contributed by atoms with Gasteiger partial charge < -0.3 is 9.47 Å². The Labute approximate surface area is 75.5 Å². The van der Waals surface area contributed by atoms with E-state index in [0.29, 0.717) is 0 Å². The van der Waals surface area contributed by atoms with E-state index in [0.717, 1.165) is 6.26 Å². The summed E-state index contributed by atoms with van der Waals surface area (Å²) >= 11 is 0. The molecule has 0 radical (unpaired) electrons. The summed E-state index contributed by atoms with van der Waals surface area (Å²) in [6, 6.07) is 1.64. The molecule has 0 aliphatic carbocycles. The van der Waals surface area contributed by atoms with E-state index >= 15 is 0 Å². The summed E-state index contributed by atoms with van der Waals surface area (Å²) in [7, 11) is 0. The minimum atomic E-state index is -0.602. The summed E-state index contributed by atoms with van der Waals surface area (Å²) in [5, 5.41) is 8.07. The van der Waals surface area contributed by atoms with Crippen molar-refractivity contribution in [3.63, 3.8) is 0 Å².